The van der Waals surface area contributed by atoms with Gasteiger partial charge >= 0.3 is 0 Å². The molecule has 0 aliphatic heterocycles. The van der Waals surface area contributed by atoms with Gasteiger partial charge in [-0.25, -0.2) is 0 Å². The maximum atomic E-state index is 5.84. The minimum Gasteiger partial charge on any atom is -0.490 e. The second kappa shape index (κ2) is 5.77. The highest BCUT2D eigenvalue weighted by Crippen LogP contribution is 2.41. The monoisotopic (exact) mass is 273 g/mol. The molecule has 2 saturated carbocycles. The fraction of sp³-hybridized carbons (Fsp3) is 0.667. The zero-order chi connectivity index (χ0) is 14.0. The van der Waals surface area contributed by atoms with Gasteiger partial charge in [0.05, 0.1) is 6.10 Å². The number of benzene rings is 1. The Kier molecular flexibility index (Phi) is 4.02. The summed E-state index contributed by atoms with van der Waals surface area (Å²) in [4.78, 5) is 0. The molecule has 0 saturated heterocycles. The normalized spacial score (nSPS) is 29.6. The number of hydrogen-bond donors (Lipinski definition) is 1. The second-order valence-corrected chi connectivity index (χ2v) is 6.80. The molecule has 2 nitrogen and oxygen atoms in total. The summed E-state index contributed by atoms with van der Waals surface area (Å²) in [5.74, 6) is 1.04. The van der Waals surface area contributed by atoms with Gasteiger partial charge in [0.2, 0.25) is 0 Å². The van der Waals surface area contributed by atoms with Crippen LogP contribution in [-0.4, -0.2) is 18.7 Å². The number of rotatable bonds is 6. The molecule has 2 atom stereocenters. The molecule has 2 fully saturated rings. The van der Waals surface area contributed by atoms with E-state index >= 15 is 0 Å². The van der Waals surface area contributed by atoms with Crippen LogP contribution in [0.4, 0.5) is 0 Å². The number of hydrogen-bond acceptors (Lipinski definition) is 2. The van der Waals surface area contributed by atoms with E-state index in [1.165, 1.54) is 44.1 Å². The van der Waals surface area contributed by atoms with Crippen LogP contribution >= 0.6 is 0 Å². The lowest BCUT2D eigenvalue weighted by Crippen LogP contribution is -2.29. The molecular weight excluding hydrogens is 246 g/mol. The first-order valence-corrected chi connectivity index (χ1v) is 8.20. The second-order valence-electron chi connectivity index (χ2n) is 6.80. The van der Waals surface area contributed by atoms with E-state index in [4.69, 9.17) is 4.74 Å². The average molecular weight is 273 g/mol. The van der Waals surface area contributed by atoms with Gasteiger partial charge in [-0.2, -0.15) is 0 Å². The molecule has 2 heteroatoms. The highest BCUT2D eigenvalue weighted by atomic mass is 16.5. The highest BCUT2D eigenvalue weighted by molar-refractivity contribution is 5.33. The van der Waals surface area contributed by atoms with E-state index in [2.05, 4.69) is 43.4 Å². The van der Waals surface area contributed by atoms with E-state index in [9.17, 15) is 0 Å². The molecule has 3 rings (SSSR count). The SMILES string of the molecule is CCCNC1CCC(C)(c2ccc(OC3CC3)cc2)C1. The predicted molar refractivity (Wildman–Crippen MR) is 83.4 cm³/mol. The van der Waals surface area contributed by atoms with Crippen LogP contribution in [0.15, 0.2) is 24.3 Å². The molecule has 110 valence electrons. The largest absolute Gasteiger partial charge is 0.490 e. The molecule has 2 aliphatic rings. The van der Waals surface area contributed by atoms with Crippen LogP contribution in [0.25, 0.3) is 0 Å². The Labute approximate surface area is 122 Å². The van der Waals surface area contributed by atoms with Crippen molar-refractivity contribution in [3.8, 4) is 5.75 Å². The van der Waals surface area contributed by atoms with E-state index in [1.54, 1.807) is 0 Å². The molecule has 0 heterocycles. The average Bonchev–Trinajstić information content (AvgIpc) is 3.18. The molecule has 2 unspecified atom stereocenters. The van der Waals surface area contributed by atoms with Crippen molar-refractivity contribution in [2.75, 3.05) is 6.54 Å². The first-order chi connectivity index (χ1) is 9.69. The third-order valence-electron chi connectivity index (χ3n) is 4.80. The summed E-state index contributed by atoms with van der Waals surface area (Å²) in [6.07, 6.45) is 8.02. The van der Waals surface area contributed by atoms with Crippen LogP contribution in [0, 0.1) is 0 Å². The fourth-order valence-corrected chi connectivity index (χ4v) is 3.34. The first kappa shape index (κ1) is 13.9. The van der Waals surface area contributed by atoms with Gasteiger partial charge in [0, 0.05) is 6.04 Å². The fourth-order valence-electron chi connectivity index (χ4n) is 3.34. The molecule has 2 aliphatic carbocycles. The smallest absolute Gasteiger partial charge is 0.119 e. The maximum Gasteiger partial charge on any atom is 0.119 e. The van der Waals surface area contributed by atoms with Gasteiger partial charge in [-0.1, -0.05) is 26.0 Å². The summed E-state index contributed by atoms with van der Waals surface area (Å²) >= 11 is 0. The predicted octanol–water partition coefficient (Wildman–Crippen LogP) is 4.04. The molecular formula is C18H27NO. The lowest BCUT2D eigenvalue weighted by molar-refractivity contribution is 0.303. The van der Waals surface area contributed by atoms with E-state index in [-0.39, 0.29) is 0 Å². The van der Waals surface area contributed by atoms with Crippen LogP contribution in [0.1, 0.15) is 57.9 Å². The van der Waals surface area contributed by atoms with E-state index in [0.29, 0.717) is 17.6 Å². The maximum absolute atomic E-state index is 5.84. The van der Waals surface area contributed by atoms with Crippen molar-refractivity contribution in [3.05, 3.63) is 29.8 Å². The van der Waals surface area contributed by atoms with Gasteiger partial charge in [0.15, 0.2) is 0 Å². The van der Waals surface area contributed by atoms with Crippen LogP contribution in [0.3, 0.4) is 0 Å². The topological polar surface area (TPSA) is 21.3 Å². The lowest BCUT2D eigenvalue weighted by atomic mass is 9.81. The summed E-state index contributed by atoms with van der Waals surface area (Å²) in [6, 6.07) is 9.57. The molecule has 0 amide bonds. The molecule has 1 aromatic rings. The lowest BCUT2D eigenvalue weighted by Gasteiger charge is -2.25. The summed E-state index contributed by atoms with van der Waals surface area (Å²) in [5.41, 5.74) is 1.81. The van der Waals surface area contributed by atoms with Crippen LogP contribution in [-0.2, 0) is 5.41 Å². The zero-order valence-corrected chi connectivity index (χ0v) is 12.8. The zero-order valence-electron chi connectivity index (χ0n) is 12.8. The van der Waals surface area contributed by atoms with E-state index in [0.717, 1.165) is 12.3 Å². The molecule has 0 radical (unpaired) electrons. The highest BCUT2D eigenvalue weighted by Gasteiger charge is 2.36. The molecule has 1 aromatic carbocycles. The molecule has 0 spiro atoms. The quantitative estimate of drug-likeness (QED) is 0.844. The third kappa shape index (κ3) is 3.17. The van der Waals surface area contributed by atoms with Crippen LogP contribution in [0.5, 0.6) is 5.75 Å². The standard InChI is InChI=1S/C18H27NO/c1-3-12-19-15-10-11-18(2,13-15)14-4-6-16(7-5-14)20-17-8-9-17/h4-7,15,17,19H,3,8-13H2,1-2H3. The van der Waals surface area contributed by atoms with Crippen molar-refractivity contribution >= 4 is 0 Å². The van der Waals surface area contributed by atoms with Gasteiger partial charge in [0.1, 0.15) is 5.75 Å². The van der Waals surface area contributed by atoms with Crippen LogP contribution in [0.2, 0.25) is 0 Å². The van der Waals surface area contributed by atoms with Crippen molar-refractivity contribution < 1.29 is 4.74 Å². The molecule has 0 aromatic heterocycles. The Balaban J connectivity index is 1.62. The first-order valence-electron chi connectivity index (χ1n) is 8.20. The summed E-state index contributed by atoms with van der Waals surface area (Å²) in [7, 11) is 0. The summed E-state index contributed by atoms with van der Waals surface area (Å²) in [6.45, 7) is 5.80. The van der Waals surface area contributed by atoms with Crippen molar-refractivity contribution in [2.24, 2.45) is 0 Å². The summed E-state index contributed by atoms with van der Waals surface area (Å²) in [5, 5.41) is 3.68. The van der Waals surface area contributed by atoms with Gasteiger partial charge in [-0.05, 0) is 68.2 Å². The molecule has 0 bridgehead atoms. The molecule has 20 heavy (non-hydrogen) atoms. The van der Waals surface area contributed by atoms with Gasteiger partial charge < -0.3 is 10.1 Å². The number of ether oxygens (including phenoxy) is 1. The Morgan fingerprint density at radius 1 is 1.20 bits per heavy atom. The van der Waals surface area contributed by atoms with Gasteiger partial charge in [0.25, 0.3) is 0 Å². The molecule has 1 N–H and O–H groups in total. The Hall–Kier alpha value is -1.02. The van der Waals surface area contributed by atoms with Crippen molar-refractivity contribution in [2.45, 2.75) is 69.9 Å². The Morgan fingerprint density at radius 3 is 2.60 bits per heavy atom. The number of nitrogens with one attached hydrogen (secondary N) is 1. The minimum absolute atomic E-state index is 0.337. The van der Waals surface area contributed by atoms with E-state index < -0.39 is 0 Å². The van der Waals surface area contributed by atoms with Crippen molar-refractivity contribution in [1.82, 2.24) is 5.32 Å². The Morgan fingerprint density at radius 2 is 1.95 bits per heavy atom. The van der Waals surface area contributed by atoms with Gasteiger partial charge in [-0.15, -0.1) is 0 Å². The van der Waals surface area contributed by atoms with Crippen molar-refractivity contribution in [1.29, 1.82) is 0 Å². The van der Waals surface area contributed by atoms with E-state index in [1.807, 2.05) is 0 Å². The minimum atomic E-state index is 0.337. The third-order valence-corrected chi connectivity index (χ3v) is 4.80. The Bertz CT molecular complexity index is 437. The van der Waals surface area contributed by atoms with Crippen molar-refractivity contribution in [3.63, 3.8) is 0 Å². The van der Waals surface area contributed by atoms with Crippen LogP contribution < -0.4 is 10.1 Å². The van der Waals surface area contributed by atoms with Gasteiger partial charge in [-0.3, -0.25) is 0 Å². The summed E-state index contributed by atoms with van der Waals surface area (Å²) < 4.78 is 5.84.